The van der Waals surface area contributed by atoms with Crippen LogP contribution in [-0.2, 0) is 4.74 Å². The van der Waals surface area contributed by atoms with Gasteiger partial charge in [0.05, 0.1) is 0 Å². The van der Waals surface area contributed by atoms with Crippen LogP contribution in [0.1, 0.15) is 46.5 Å². The van der Waals surface area contributed by atoms with Crippen LogP contribution in [0.15, 0.2) is 0 Å². The third-order valence-corrected chi connectivity index (χ3v) is 4.07. The van der Waals surface area contributed by atoms with Gasteiger partial charge in [-0.2, -0.15) is 0 Å². The molecule has 2 fully saturated rings. The molecule has 0 aromatic heterocycles. The first-order chi connectivity index (χ1) is 9.44. The van der Waals surface area contributed by atoms with Crippen molar-refractivity contribution in [1.82, 2.24) is 16.0 Å². The molecule has 5 nitrogen and oxygen atoms in total. The van der Waals surface area contributed by atoms with E-state index in [4.69, 9.17) is 4.74 Å². The summed E-state index contributed by atoms with van der Waals surface area (Å²) in [5.74, 6) is 0.686. The summed E-state index contributed by atoms with van der Waals surface area (Å²) < 4.78 is 5.31. The molecule has 0 bridgehead atoms. The number of carbonyl (C=O) groups excluding carboxylic acids is 1. The summed E-state index contributed by atoms with van der Waals surface area (Å²) in [5, 5.41) is 9.89. The monoisotopic (exact) mass is 283 g/mol. The molecule has 1 aliphatic heterocycles. The van der Waals surface area contributed by atoms with Crippen LogP contribution in [0.5, 0.6) is 0 Å². The summed E-state index contributed by atoms with van der Waals surface area (Å²) in [6.45, 7) is 8.40. The highest BCUT2D eigenvalue weighted by Gasteiger charge is 2.29. The topological polar surface area (TPSA) is 62.4 Å². The van der Waals surface area contributed by atoms with Crippen LogP contribution < -0.4 is 16.0 Å². The largest absolute Gasteiger partial charge is 0.444 e. The van der Waals surface area contributed by atoms with Gasteiger partial charge < -0.3 is 20.7 Å². The number of nitrogens with one attached hydrogen (secondary N) is 3. The lowest BCUT2D eigenvalue weighted by Crippen LogP contribution is -2.61. The molecule has 2 rings (SSSR count). The summed E-state index contributed by atoms with van der Waals surface area (Å²) in [5.41, 5.74) is -0.432. The van der Waals surface area contributed by atoms with E-state index >= 15 is 0 Å². The molecular formula is C15H29N3O2. The molecule has 5 heteroatoms. The molecule has 1 aliphatic carbocycles. The molecule has 1 saturated carbocycles. The number of ether oxygens (including phenoxy) is 1. The molecule has 3 N–H and O–H groups in total. The molecule has 20 heavy (non-hydrogen) atoms. The molecule has 0 spiro atoms. The highest BCUT2D eigenvalue weighted by Crippen LogP contribution is 2.28. The first-order valence-electron chi connectivity index (χ1n) is 7.87. The molecule has 1 amide bonds. The van der Waals surface area contributed by atoms with Crippen LogP contribution >= 0.6 is 0 Å². The van der Waals surface area contributed by atoms with Crippen molar-refractivity contribution < 1.29 is 9.53 Å². The molecule has 0 radical (unpaired) electrons. The van der Waals surface area contributed by atoms with Gasteiger partial charge in [-0.25, -0.2) is 4.79 Å². The van der Waals surface area contributed by atoms with Crippen molar-refractivity contribution in [2.24, 2.45) is 5.92 Å². The third-order valence-electron chi connectivity index (χ3n) is 4.07. The van der Waals surface area contributed by atoms with Crippen molar-refractivity contribution in [3.63, 3.8) is 0 Å². The Hall–Kier alpha value is -0.810. The molecule has 0 aromatic rings. The molecule has 1 unspecified atom stereocenters. The molecular weight excluding hydrogens is 254 g/mol. The number of alkyl carbamates (subject to hydrolysis) is 1. The van der Waals surface area contributed by atoms with E-state index in [1.165, 1.54) is 25.7 Å². The number of carbonyl (C=O) groups is 1. The maximum atomic E-state index is 11.8. The van der Waals surface area contributed by atoms with E-state index in [0.717, 1.165) is 13.1 Å². The Kier molecular flexibility index (Phi) is 5.27. The Morgan fingerprint density at radius 3 is 2.45 bits per heavy atom. The van der Waals surface area contributed by atoms with Gasteiger partial charge in [-0.15, -0.1) is 0 Å². The second kappa shape index (κ2) is 6.76. The normalized spacial score (nSPS) is 22.4. The second-order valence-corrected chi connectivity index (χ2v) is 7.06. The Balaban J connectivity index is 1.78. The van der Waals surface area contributed by atoms with E-state index < -0.39 is 5.60 Å². The lowest BCUT2D eigenvalue weighted by Gasteiger charge is -2.35. The number of hydrogen-bond donors (Lipinski definition) is 3. The Morgan fingerprint density at radius 1 is 1.30 bits per heavy atom. The van der Waals surface area contributed by atoms with Gasteiger partial charge in [0.1, 0.15) is 5.60 Å². The van der Waals surface area contributed by atoms with Crippen LogP contribution in [0.2, 0.25) is 0 Å². The number of amides is 1. The van der Waals surface area contributed by atoms with Crippen LogP contribution in [0, 0.1) is 5.92 Å². The van der Waals surface area contributed by atoms with Crippen molar-refractivity contribution >= 4 is 6.09 Å². The van der Waals surface area contributed by atoms with Crippen LogP contribution in [0.3, 0.4) is 0 Å². The van der Waals surface area contributed by atoms with Gasteiger partial charge in [-0.1, -0.05) is 12.8 Å². The SMILES string of the molecule is CC(C)(C)OC(=O)NCC(NC1CNC1)C1CCCC1. The maximum Gasteiger partial charge on any atom is 0.407 e. The van der Waals surface area contributed by atoms with Crippen LogP contribution in [0.25, 0.3) is 0 Å². The van der Waals surface area contributed by atoms with Gasteiger partial charge in [0.25, 0.3) is 0 Å². The Bertz CT molecular complexity index is 318. The first kappa shape index (κ1) is 15.6. The van der Waals surface area contributed by atoms with Gasteiger partial charge in [-0.05, 0) is 39.5 Å². The predicted molar refractivity (Wildman–Crippen MR) is 79.8 cm³/mol. The van der Waals surface area contributed by atoms with E-state index in [9.17, 15) is 4.79 Å². The van der Waals surface area contributed by atoms with Crippen LogP contribution in [-0.4, -0.2) is 43.4 Å². The number of hydrogen-bond acceptors (Lipinski definition) is 4. The predicted octanol–water partition coefficient (Wildman–Crippen LogP) is 1.63. The fraction of sp³-hybridized carbons (Fsp3) is 0.933. The molecule has 1 heterocycles. The minimum Gasteiger partial charge on any atom is -0.444 e. The van der Waals surface area contributed by atoms with E-state index in [1.807, 2.05) is 20.8 Å². The Morgan fingerprint density at radius 2 is 1.95 bits per heavy atom. The average molecular weight is 283 g/mol. The van der Waals surface area contributed by atoms with Crippen LogP contribution in [0.4, 0.5) is 4.79 Å². The van der Waals surface area contributed by atoms with E-state index in [-0.39, 0.29) is 6.09 Å². The van der Waals surface area contributed by atoms with Gasteiger partial charge in [-0.3, -0.25) is 0 Å². The van der Waals surface area contributed by atoms with E-state index in [2.05, 4.69) is 16.0 Å². The summed E-state index contributed by atoms with van der Waals surface area (Å²) in [6, 6.07) is 0.929. The summed E-state index contributed by atoms with van der Waals surface area (Å²) in [7, 11) is 0. The first-order valence-corrected chi connectivity index (χ1v) is 7.87. The van der Waals surface area contributed by atoms with Crippen molar-refractivity contribution in [2.75, 3.05) is 19.6 Å². The fourth-order valence-electron chi connectivity index (χ4n) is 2.94. The van der Waals surface area contributed by atoms with E-state index in [0.29, 0.717) is 24.5 Å². The Labute approximate surface area is 122 Å². The highest BCUT2D eigenvalue weighted by atomic mass is 16.6. The van der Waals surface area contributed by atoms with Gasteiger partial charge in [0.15, 0.2) is 0 Å². The zero-order valence-electron chi connectivity index (χ0n) is 13.0. The number of rotatable bonds is 5. The van der Waals surface area contributed by atoms with Crippen molar-refractivity contribution in [3.05, 3.63) is 0 Å². The van der Waals surface area contributed by atoms with Gasteiger partial charge in [0.2, 0.25) is 0 Å². The van der Waals surface area contributed by atoms with E-state index in [1.54, 1.807) is 0 Å². The third kappa shape index (κ3) is 4.94. The standard InChI is InChI=1S/C15H29N3O2/c1-15(2,3)20-14(19)17-10-13(11-6-4-5-7-11)18-12-8-16-9-12/h11-13,16,18H,4-10H2,1-3H3,(H,17,19). The minimum absolute atomic E-state index is 0.311. The maximum absolute atomic E-state index is 11.8. The second-order valence-electron chi connectivity index (χ2n) is 7.06. The lowest BCUT2D eigenvalue weighted by atomic mass is 9.96. The zero-order valence-corrected chi connectivity index (χ0v) is 13.0. The molecule has 116 valence electrons. The van der Waals surface area contributed by atoms with Crippen molar-refractivity contribution in [3.8, 4) is 0 Å². The minimum atomic E-state index is -0.432. The average Bonchev–Trinajstić information content (AvgIpc) is 2.77. The molecule has 0 aromatic carbocycles. The highest BCUT2D eigenvalue weighted by molar-refractivity contribution is 5.67. The molecule has 1 atom stereocenters. The van der Waals surface area contributed by atoms with Crippen molar-refractivity contribution in [2.45, 2.75) is 64.1 Å². The fourth-order valence-corrected chi connectivity index (χ4v) is 2.94. The summed E-state index contributed by atoms with van der Waals surface area (Å²) in [6.07, 6.45) is 4.87. The smallest absolute Gasteiger partial charge is 0.407 e. The zero-order chi connectivity index (χ0) is 14.6. The molecule has 1 saturated heterocycles. The van der Waals surface area contributed by atoms with Gasteiger partial charge >= 0.3 is 6.09 Å². The van der Waals surface area contributed by atoms with Gasteiger partial charge in [0, 0.05) is 31.7 Å². The summed E-state index contributed by atoms with van der Waals surface area (Å²) in [4.78, 5) is 11.8. The lowest BCUT2D eigenvalue weighted by molar-refractivity contribution is 0.0516. The van der Waals surface area contributed by atoms with Crippen molar-refractivity contribution in [1.29, 1.82) is 0 Å². The molecule has 2 aliphatic rings. The quantitative estimate of drug-likeness (QED) is 0.718. The summed E-state index contributed by atoms with van der Waals surface area (Å²) >= 11 is 0.